The van der Waals surface area contributed by atoms with E-state index in [1.807, 2.05) is 0 Å². The summed E-state index contributed by atoms with van der Waals surface area (Å²) in [7, 11) is 1.27. The molecule has 0 saturated heterocycles. The zero-order chi connectivity index (χ0) is 15.3. The van der Waals surface area contributed by atoms with E-state index in [0.717, 1.165) is 0 Å². The van der Waals surface area contributed by atoms with Gasteiger partial charge < -0.3 is 15.0 Å². The van der Waals surface area contributed by atoms with Crippen LogP contribution in [-0.4, -0.2) is 36.6 Å². The Kier molecular flexibility index (Phi) is 6.10. The van der Waals surface area contributed by atoms with Crippen LogP contribution in [0.1, 0.15) is 13.8 Å². The van der Waals surface area contributed by atoms with Crippen LogP contribution in [0, 0.1) is 0 Å². The van der Waals surface area contributed by atoms with Crippen molar-refractivity contribution in [1.29, 1.82) is 0 Å². The molecular formula is C13H16Cl2N2O3. The maximum Gasteiger partial charge on any atom is 0.325 e. The third-order valence-corrected chi connectivity index (χ3v) is 2.96. The van der Waals surface area contributed by atoms with Crippen molar-refractivity contribution in [3.8, 4) is 0 Å². The van der Waals surface area contributed by atoms with Crippen molar-refractivity contribution in [3.63, 3.8) is 0 Å². The lowest BCUT2D eigenvalue weighted by Gasteiger charge is -2.25. The van der Waals surface area contributed by atoms with Gasteiger partial charge in [0.2, 0.25) is 0 Å². The molecule has 0 atom stereocenters. The fourth-order valence-electron chi connectivity index (χ4n) is 1.51. The molecule has 2 amide bonds. The van der Waals surface area contributed by atoms with Gasteiger partial charge in [0.05, 0.1) is 7.11 Å². The number of hydrogen-bond donors (Lipinski definition) is 1. The zero-order valence-corrected chi connectivity index (χ0v) is 13.0. The summed E-state index contributed by atoms with van der Waals surface area (Å²) in [5, 5.41) is 3.47. The number of anilines is 1. The van der Waals surface area contributed by atoms with Gasteiger partial charge in [-0.2, -0.15) is 0 Å². The van der Waals surface area contributed by atoms with E-state index >= 15 is 0 Å². The molecule has 0 fully saturated rings. The zero-order valence-electron chi connectivity index (χ0n) is 11.4. The minimum absolute atomic E-state index is 0.131. The molecule has 7 heteroatoms. The van der Waals surface area contributed by atoms with E-state index in [-0.39, 0.29) is 12.6 Å². The smallest absolute Gasteiger partial charge is 0.325 e. The first-order valence-electron chi connectivity index (χ1n) is 5.94. The van der Waals surface area contributed by atoms with Crippen molar-refractivity contribution in [2.45, 2.75) is 19.9 Å². The predicted molar refractivity (Wildman–Crippen MR) is 79.3 cm³/mol. The first-order valence-corrected chi connectivity index (χ1v) is 6.69. The molecule has 5 nitrogen and oxygen atoms in total. The largest absolute Gasteiger partial charge is 0.468 e. The highest BCUT2D eigenvalue weighted by Crippen LogP contribution is 2.22. The number of carbonyl (C=O) groups excluding carboxylic acids is 2. The van der Waals surface area contributed by atoms with E-state index < -0.39 is 12.0 Å². The Morgan fingerprint density at radius 1 is 1.25 bits per heavy atom. The molecule has 0 aliphatic carbocycles. The normalized spacial score (nSPS) is 10.3. The molecule has 1 aromatic carbocycles. The molecule has 1 aromatic rings. The molecule has 0 aromatic heterocycles. The standard InChI is InChI=1S/C13H16Cl2N2O3/c1-8(2)17(7-12(18)20-3)13(19)16-11-5-9(14)4-10(15)6-11/h4-6,8H,7H2,1-3H3,(H,16,19). The quantitative estimate of drug-likeness (QED) is 0.865. The second kappa shape index (κ2) is 7.36. The summed E-state index contributed by atoms with van der Waals surface area (Å²) in [6.45, 7) is 3.47. The lowest BCUT2D eigenvalue weighted by atomic mass is 10.3. The first kappa shape index (κ1) is 16.6. The van der Waals surface area contributed by atoms with Crippen LogP contribution in [0.2, 0.25) is 10.0 Å². The number of rotatable bonds is 4. The van der Waals surface area contributed by atoms with Crippen molar-refractivity contribution >= 4 is 40.9 Å². The van der Waals surface area contributed by atoms with Gasteiger partial charge in [-0.1, -0.05) is 23.2 Å². The number of nitrogens with one attached hydrogen (secondary N) is 1. The van der Waals surface area contributed by atoms with E-state index in [0.29, 0.717) is 15.7 Å². The predicted octanol–water partition coefficient (Wildman–Crippen LogP) is 3.41. The van der Waals surface area contributed by atoms with E-state index in [1.54, 1.807) is 32.0 Å². The molecule has 1 rings (SSSR count). The number of amides is 2. The second-order valence-corrected chi connectivity index (χ2v) is 5.26. The molecule has 1 N–H and O–H groups in total. The first-order chi connectivity index (χ1) is 9.33. The van der Waals surface area contributed by atoms with E-state index in [2.05, 4.69) is 10.1 Å². The number of urea groups is 1. The third kappa shape index (κ3) is 4.90. The van der Waals surface area contributed by atoms with Crippen molar-refractivity contribution in [2.24, 2.45) is 0 Å². The minimum Gasteiger partial charge on any atom is -0.468 e. The fraction of sp³-hybridized carbons (Fsp3) is 0.385. The minimum atomic E-state index is -0.488. The summed E-state index contributed by atoms with van der Waals surface area (Å²) in [5.74, 6) is -0.488. The highest BCUT2D eigenvalue weighted by atomic mass is 35.5. The van der Waals surface area contributed by atoms with E-state index in [1.165, 1.54) is 12.0 Å². The van der Waals surface area contributed by atoms with Crippen LogP contribution >= 0.6 is 23.2 Å². The Balaban J connectivity index is 2.82. The SMILES string of the molecule is COC(=O)CN(C(=O)Nc1cc(Cl)cc(Cl)c1)C(C)C. The summed E-state index contributed by atoms with van der Waals surface area (Å²) in [6.07, 6.45) is 0. The molecule has 110 valence electrons. The number of esters is 1. The van der Waals surface area contributed by atoms with Crippen LogP contribution in [0.5, 0.6) is 0 Å². The average molecular weight is 319 g/mol. The third-order valence-electron chi connectivity index (χ3n) is 2.53. The average Bonchev–Trinajstić information content (AvgIpc) is 2.33. The van der Waals surface area contributed by atoms with Gasteiger partial charge in [0, 0.05) is 21.8 Å². The molecule has 0 unspecified atom stereocenters. The Hall–Kier alpha value is -1.46. The monoisotopic (exact) mass is 318 g/mol. The molecule has 0 spiro atoms. The summed E-state index contributed by atoms with van der Waals surface area (Å²) >= 11 is 11.7. The maximum atomic E-state index is 12.1. The van der Waals surface area contributed by atoms with Crippen LogP contribution < -0.4 is 5.32 Å². The number of halogens is 2. The molecular weight excluding hydrogens is 303 g/mol. The number of hydrogen-bond acceptors (Lipinski definition) is 3. The summed E-state index contributed by atoms with van der Waals surface area (Å²) in [5.41, 5.74) is 0.461. The molecule has 20 heavy (non-hydrogen) atoms. The summed E-state index contributed by atoms with van der Waals surface area (Å²) < 4.78 is 4.57. The van der Waals surface area contributed by atoms with Crippen molar-refractivity contribution in [1.82, 2.24) is 4.90 Å². The highest BCUT2D eigenvalue weighted by Gasteiger charge is 2.20. The van der Waals surface area contributed by atoms with Crippen LogP contribution in [0.4, 0.5) is 10.5 Å². The van der Waals surface area contributed by atoms with Crippen LogP contribution in [0.25, 0.3) is 0 Å². The lowest BCUT2D eigenvalue weighted by molar-refractivity contribution is -0.141. The van der Waals surface area contributed by atoms with Gasteiger partial charge in [-0.05, 0) is 32.0 Å². The van der Waals surface area contributed by atoms with Gasteiger partial charge in [0.1, 0.15) is 6.54 Å². The molecule has 0 radical (unpaired) electrons. The Morgan fingerprint density at radius 2 is 1.80 bits per heavy atom. The molecule has 0 saturated carbocycles. The molecule has 0 bridgehead atoms. The van der Waals surface area contributed by atoms with Crippen molar-refractivity contribution < 1.29 is 14.3 Å². The molecule has 0 heterocycles. The van der Waals surface area contributed by atoms with Crippen LogP contribution in [-0.2, 0) is 9.53 Å². The highest BCUT2D eigenvalue weighted by molar-refractivity contribution is 6.35. The van der Waals surface area contributed by atoms with Gasteiger partial charge in [-0.15, -0.1) is 0 Å². The van der Waals surface area contributed by atoms with Gasteiger partial charge >= 0.3 is 12.0 Å². The van der Waals surface area contributed by atoms with Gasteiger partial charge in [0.15, 0.2) is 0 Å². The van der Waals surface area contributed by atoms with Crippen LogP contribution in [0.3, 0.4) is 0 Å². The molecule has 0 aliphatic rings. The Bertz CT molecular complexity index is 486. The number of carbonyl (C=O) groups is 2. The summed E-state index contributed by atoms with van der Waals surface area (Å²) in [4.78, 5) is 24.8. The number of ether oxygens (including phenoxy) is 1. The summed E-state index contributed by atoms with van der Waals surface area (Å²) in [6, 6.07) is 4.12. The Morgan fingerprint density at radius 3 is 2.25 bits per heavy atom. The molecule has 0 aliphatic heterocycles. The van der Waals surface area contributed by atoms with Gasteiger partial charge in [-0.25, -0.2) is 4.79 Å². The van der Waals surface area contributed by atoms with Gasteiger partial charge in [-0.3, -0.25) is 4.79 Å². The van der Waals surface area contributed by atoms with Crippen molar-refractivity contribution in [2.75, 3.05) is 19.0 Å². The van der Waals surface area contributed by atoms with Crippen molar-refractivity contribution in [3.05, 3.63) is 28.2 Å². The topological polar surface area (TPSA) is 58.6 Å². The maximum absolute atomic E-state index is 12.1. The number of benzene rings is 1. The fourth-order valence-corrected chi connectivity index (χ4v) is 2.04. The van der Waals surface area contributed by atoms with E-state index in [9.17, 15) is 9.59 Å². The van der Waals surface area contributed by atoms with Gasteiger partial charge in [0.25, 0.3) is 0 Å². The number of nitrogens with zero attached hydrogens (tertiary/aromatic N) is 1. The lowest BCUT2D eigenvalue weighted by Crippen LogP contribution is -2.43. The Labute approximate surface area is 127 Å². The van der Waals surface area contributed by atoms with Crippen LogP contribution in [0.15, 0.2) is 18.2 Å². The van der Waals surface area contributed by atoms with E-state index in [4.69, 9.17) is 23.2 Å². The number of methoxy groups -OCH3 is 1. The second-order valence-electron chi connectivity index (χ2n) is 4.39.